The van der Waals surface area contributed by atoms with Gasteiger partial charge in [-0.2, -0.15) is 5.10 Å². The van der Waals surface area contributed by atoms with Gasteiger partial charge in [0.1, 0.15) is 5.82 Å². The summed E-state index contributed by atoms with van der Waals surface area (Å²) in [5, 5.41) is 4.43. The van der Waals surface area contributed by atoms with E-state index in [2.05, 4.69) is 21.6 Å². The van der Waals surface area contributed by atoms with Gasteiger partial charge in [0.2, 0.25) is 5.91 Å². The lowest BCUT2D eigenvalue weighted by molar-refractivity contribution is -0.129. The smallest absolute Gasteiger partial charge is 0.254 e. The van der Waals surface area contributed by atoms with E-state index in [9.17, 15) is 9.59 Å². The van der Waals surface area contributed by atoms with Gasteiger partial charge in [0.05, 0.1) is 24.0 Å². The first-order chi connectivity index (χ1) is 13.5. The zero-order chi connectivity index (χ0) is 19.8. The number of fused-ring (bicyclic) bond motifs is 1. The van der Waals surface area contributed by atoms with Crippen molar-refractivity contribution in [3.05, 3.63) is 51.5 Å². The molecule has 2 aliphatic rings. The van der Waals surface area contributed by atoms with E-state index < -0.39 is 0 Å². The second-order valence-electron chi connectivity index (χ2n) is 7.60. The molecule has 8 heteroatoms. The molecule has 0 saturated carbocycles. The number of aromatic amines is 1. The Hall–Kier alpha value is -2.74. The van der Waals surface area contributed by atoms with E-state index in [0.717, 1.165) is 42.9 Å². The number of hydrogen-bond acceptors (Lipinski definition) is 5. The molecule has 1 atom stereocenters. The lowest BCUT2D eigenvalue weighted by Gasteiger charge is -2.28. The molecule has 1 saturated heterocycles. The summed E-state index contributed by atoms with van der Waals surface area (Å²) in [6.07, 6.45) is 6.24. The molecule has 2 aromatic heterocycles. The molecule has 0 aromatic carbocycles. The van der Waals surface area contributed by atoms with Gasteiger partial charge >= 0.3 is 0 Å². The van der Waals surface area contributed by atoms with Gasteiger partial charge in [-0.3, -0.25) is 14.5 Å². The Morgan fingerprint density at radius 2 is 2.25 bits per heavy atom. The highest BCUT2D eigenvalue weighted by atomic mass is 16.2. The third-order valence-electron chi connectivity index (χ3n) is 5.80. The largest absolute Gasteiger partial charge is 0.337 e. The summed E-state index contributed by atoms with van der Waals surface area (Å²) in [5.74, 6) is 0.729. The van der Waals surface area contributed by atoms with E-state index in [4.69, 9.17) is 4.98 Å². The molecule has 0 bridgehead atoms. The number of aromatic nitrogens is 4. The Bertz CT molecular complexity index is 976. The topological polar surface area (TPSA) is 87.1 Å². The second-order valence-corrected chi connectivity index (χ2v) is 7.60. The number of rotatable bonds is 4. The predicted molar refractivity (Wildman–Crippen MR) is 105 cm³/mol. The molecule has 4 rings (SSSR count). The fourth-order valence-electron chi connectivity index (χ4n) is 4.20. The summed E-state index contributed by atoms with van der Waals surface area (Å²) < 4.78 is 1.73. The van der Waals surface area contributed by atoms with Crippen molar-refractivity contribution in [1.82, 2.24) is 29.5 Å². The van der Waals surface area contributed by atoms with Crippen molar-refractivity contribution in [2.45, 2.75) is 52.2 Å². The fraction of sp³-hybridized carbons (Fsp3) is 0.500. The molecule has 1 N–H and O–H groups in total. The monoisotopic (exact) mass is 382 g/mol. The third-order valence-corrected chi connectivity index (χ3v) is 5.80. The van der Waals surface area contributed by atoms with E-state index in [1.165, 1.54) is 0 Å². The Morgan fingerprint density at radius 3 is 2.96 bits per heavy atom. The predicted octanol–water partition coefficient (Wildman–Crippen LogP) is 1.62. The van der Waals surface area contributed by atoms with Crippen LogP contribution in [0, 0.1) is 6.92 Å². The number of H-pyrrole nitrogens is 1. The van der Waals surface area contributed by atoms with E-state index in [1.807, 2.05) is 13.1 Å². The lowest BCUT2D eigenvalue weighted by atomic mass is 10.1. The van der Waals surface area contributed by atoms with Crippen LogP contribution in [0.15, 0.2) is 17.6 Å². The Labute approximate surface area is 163 Å². The van der Waals surface area contributed by atoms with Gasteiger partial charge in [-0.05, 0) is 32.7 Å². The van der Waals surface area contributed by atoms with Gasteiger partial charge in [0.15, 0.2) is 0 Å². The first-order valence-corrected chi connectivity index (χ1v) is 9.75. The van der Waals surface area contributed by atoms with E-state index in [0.29, 0.717) is 30.9 Å². The van der Waals surface area contributed by atoms with Crippen molar-refractivity contribution in [2.24, 2.45) is 0 Å². The van der Waals surface area contributed by atoms with Crippen LogP contribution in [0.3, 0.4) is 0 Å². The zero-order valence-electron chi connectivity index (χ0n) is 16.4. The fourth-order valence-corrected chi connectivity index (χ4v) is 4.20. The number of likely N-dealkylation sites (tertiary alicyclic amines) is 1. The molecule has 1 fully saturated rings. The van der Waals surface area contributed by atoms with Gasteiger partial charge in [-0.25, -0.2) is 9.67 Å². The van der Waals surface area contributed by atoms with Crippen molar-refractivity contribution in [3.8, 4) is 0 Å². The third kappa shape index (κ3) is 3.40. The highest BCUT2D eigenvalue weighted by Crippen LogP contribution is 2.32. The molecule has 28 heavy (non-hydrogen) atoms. The van der Waals surface area contributed by atoms with E-state index in [-0.39, 0.29) is 17.5 Å². The van der Waals surface area contributed by atoms with Crippen LogP contribution >= 0.6 is 0 Å². The van der Waals surface area contributed by atoms with Crippen LogP contribution in [0.5, 0.6) is 0 Å². The van der Waals surface area contributed by atoms with Crippen molar-refractivity contribution in [2.75, 3.05) is 13.1 Å². The Morgan fingerprint density at radius 1 is 1.43 bits per heavy atom. The van der Waals surface area contributed by atoms with Crippen LogP contribution in [0.2, 0.25) is 0 Å². The number of carbonyl (C=O) groups is 1. The summed E-state index contributed by atoms with van der Waals surface area (Å²) in [6.45, 7) is 10.0. The van der Waals surface area contributed by atoms with Crippen LogP contribution in [-0.4, -0.2) is 48.5 Å². The Kier molecular flexibility index (Phi) is 4.89. The molecule has 0 spiro atoms. The van der Waals surface area contributed by atoms with Crippen LogP contribution in [0.4, 0.5) is 0 Å². The van der Waals surface area contributed by atoms with Crippen molar-refractivity contribution < 1.29 is 4.79 Å². The molecule has 8 nitrogen and oxygen atoms in total. The molecule has 2 aliphatic heterocycles. The van der Waals surface area contributed by atoms with Gasteiger partial charge in [-0.1, -0.05) is 6.58 Å². The average molecular weight is 382 g/mol. The molecule has 2 aromatic rings. The maximum Gasteiger partial charge on any atom is 0.254 e. The maximum absolute atomic E-state index is 12.6. The number of hydrogen-bond donors (Lipinski definition) is 1. The highest BCUT2D eigenvalue weighted by Gasteiger charge is 2.31. The lowest BCUT2D eigenvalue weighted by Crippen LogP contribution is -2.39. The minimum atomic E-state index is -0.0642. The van der Waals surface area contributed by atoms with Crippen molar-refractivity contribution in [1.29, 1.82) is 0 Å². The molecule has 148 valence electrons. The maximum atomic E-state index is 12.6. The van der Waals surface area contributed by atoms with Gasteiger partial charge in [0, 0.05) is 43.5 Å². The van der Waals surface area contributed by atoms with E-state index in [1.54, 1.807) is 22.7 Å². The van der Waals surface area contributed by atoms with Crippen LogP contribution in [-0.2, 0) is 24.3 Å². The van der Waals surface area contributed by atoms with Crippen molar-refractivity contribution >= 4 is 12.1 Å². The molecule has 1 amide bonds. The molecule has 4 heterocycles. The first-order valence-electron chi connectivity index (χ1n) is 9.75. The SMILES string of the molecule is C=Cn1cc(CN2CCC[C@H]2c2nc3c(c(=O)[nH]2)CCN(C(C)=O)C3)c(C)n1. The van der Waals surface area contributed by atoms with Gasteiger partial charge in [-0.15, -0.1) is 0 Å². The van der Waals surface area contributed by atoms with Gasteiger partial charge < -0.3 is 9.88 Å². The standard InChI is InChI=1S/C20H26N6O2/c1-4-26-11-15(13(2)23-26)10-25-8-5-6-18(25)19-21-17-12-24(14(3)27)9-7-16(17)20(28)22-19/h4,11,18H,1,5-10,12H2,2-3H3,(H,21,22,28)/t18-/m0/s1. The molecule has 0 radical (unpaired) electrons. The summed E-state index contributed by atoms with van der Waals surface area (Å²) >= 11 is 0. The quantitative estimate of drug-likeness (QED) is 0.868. The minimum Gasteiger partial charge on any atom is -0.337 e. The van der Waals surface area contributed by atoms with Crippen LogP contribution < -0.4 is 5.56 Å². The molecular formula is C20H26N6O2. The van der Waals surface area contributed by atoms with E-state index >= 15 is 0 Å². The summed E-state index contributed by atoms with van der Waals surface area (Å²) in [6, 6.07) is 0.0668. The van der Waals surface area contributed by atoms with Crippen molar-refractivity contribution in [3.63, 3.8) is 0 Å². The number of aryl methyl sites for hydroxylation is 1. The first kappa shape index (κ1) is 18.6. The Balaban J connectivity index is 1.61. The normalized spacial score (nSPS) is 19.6. The highest BCUT2D eigenvalue weighted by molar-refractivity contribution is 5.73. The zero-order valence-corrected chi connectivity index (χ0v) is 16.4. The van der Waals surface area contributed by atoms with Crippen LogP contribution in [0.1, 0.15) is 54.1 Å². The molecule has 0 unspecified atom stereocenters. The summed E-state index contributed by atoms with van der Waals surface area (Å²) in [4.78, 5) is 36.3. The second kappa shape index (κ2) is 7.35. The number of nitrogens with one attached hydrogen (secondary N) is 1. The summed E-state index contributed by atoms with van der Waals surface area (Å²) in [5.41, 5.74) is 3.52. The minimum absolute atomic E-state index is 0.0199. The van der Waals surface area contributed by atoms with Gasteiger partial charge in [0.25, 0.3) is 5.56 Å². The number of carbonyl (C=O) groups excluding carboxylic acids is 1. The molecular weight excluding hydrogens is 356 g/mol. The summed E-state index contributed by atoms with van der Waals surface area (Å²) in [7, 11) is 0. The molecule has 0 aliphatic carbocycles. The number of amides is 1. The number of nitrogens with zero attached hydrogens (tertiary/aromatic N) is 5. The van der Waals surface area contributed by atoms with Crippen LogP contribution in [0.25, 0.3) is 6.20 Å². The average Bonchev–Trinajstić information content (AvgIpc) is 3.28.